The van der Waals surface area contributed by atoms with Crippen LogP contribution in [0.15, 0.2) is 77.7 Å². The molecule has 0 saturated heterocycles. The van der Waals surface area contributed by atoms with Crippen LogP contribution in [0.25, 0.3) is 0 Å². The third kappa shape index (κ3) is 8.10. The average Bonchev–Trinajstić information content (AvgIpc) is 2.95. The maximum absolute atomic E-state index is 14.1. The van der Waals surface area contributed by atoms with Crippen molar-refractivity contribution in [3.63, 3.8) is 0 Å². The van der Waals surface area contributed by atoms with Gasteiger partial charge in [-0.3, -0.25) is 13.9 Å². The maximum Gasteiger partial charge on any atom is 0.264 e. The van der Waals surface area contributed by atoms with Gasteiger partial charge in [-0.1, -0.05) is 48.9 Å². The monoisotopic (exact) mass is 579 g/mol. The van der Waals surface area contributed by atoms with Crippen molar-refractivity contribution in [1.82, 2.24) is 10.2 Å². The third-order valence-electron chi connectivity index (χ3n) is 7.09. The zero-order valence-electron chi connectivity index (χ0n) is 24.8. The summed E-state index contributed by atoms with van der Waals surface area (Å²) in [6.07, 6.45) is 0.741. The van der Waals surface area contributed by atoms with E-state index < -0.39 is 28.5 Å². The minimum atomic E-state index is -4.13. The summed E-state index contributed by atoms with van der Waals surface area (Å²) < 4.78 is 34.5. The van der Waals surface area contributed by atoms with Gasteiger partial charge in [-0.05, 0) is 88.6 Å². The SMILES string of the molecule is CCOc1ccc(N(CC(=O)N(Cc2ccccc2C)[C@@H](C)C(=O)N[C@@H](C)CC)S(=O)(=O)c2ccc(C)cc2)cc1. The number of anilines is 1. The van der Waals surface area contributed by atoms with Gasteiger partial charge in [-0.25, -0.2) is 8.42 Å². The second-order valence-corrected chi connectivity index (χ2v) is 12.1. The summed E-state index contributed by atoms with van der Waals surface area (Å²) in [4.78, 5) is 28.8. The zero-order valence-corrected chi connectivity index (χ0v) is 25.6. The Kier molecular flexibility index (Phi) is 10.9. The molecule has 2 amide bonds. The fraction of sp³-hybridized carbons (Fsp3) is 0.375. The van der Waals surface area contributed by atoms with Gasteiger partial charge < -0.3 is 15.0 Å². The van der Waals surface area contributed by atoms with Crippen molar-refractivity contribution >= 4 is 27.5 Å². The lowest BCUT2D eigenvalue weighted by atomic mass is 10.1. The molecule has 0 fully saturated rings. The van der Waals surface area contributed by atoms with Crippen LogP contribution in [0.3, 0.4) is 0 Å². The number of nitrogens with one attached hydrogen (secondary N) is 1. The van der Waals surface area contributed by atoms with Gasteiger partial charge in [0.1, 0.15) is 18.3 Å². The number of carbonyl (C=O) groups excluding carboxylic acids is 2. The maximum atomic E-state index is 14.1. The first-order chi connectivity index (χ1) is 19.5. The Bertz CT molecular complexity index is 1420. The van der Waals surface area contributed by atoms with Crippen LogP contribution in [0.4, 0.5) is 5.69 Å². The smallest absolute Gasteiger partial charge is 0.264 e. The van der Waals surface area contributed by atoms with Crippen molar-refractivity contribution < 1.29 is 22.7 Å². The Labute approximate surface area is 244 Å². The van der Waals surface area contributed by atoms with Crippen LogP contribution < -0.4 is 14.4 Å². The summed E-state index contributed by atoms with van der Waals surface area (Å²) in [5, 5.41) is 2.95. The topological polar surface area (TPSA) is 96.0 Å². The minimum Gasteiger partial charge on any atom is -0.494 e. The molecule has 0 aromatic heterocycles. The number of sulfonamides is 1. The molecule has 3 aromatic rings. The summed E-state index contributed by atoms with van der Waals surface area (Å²) in [6, 6.07) is 19.8. The average molecular weight is 580 g/mol. The lowest BCUT2D eigenvalue weighted by molar-refractivity contribution is -0.139. The fourth-order valence-corrected chi connectivity index (χ4v) is 5.67. The summed E-state index contributed by atoms with van der Waals surface area (Å²) in [5.41, 5.74) is 3.07. The molecule has 2 atom stereocenters. The lowest BCUT2D eigenvalue weighted by Crippen LogP contribution is -2.52. The van der Waals surface area contributed by atoms with E-state index in [1.54, 1.807) is 43.3 Å². The van der Waals surface area contributed by atoms with E-state index in [1.165, 1.54) is 17.0 Å². The van der Waals surface area contributed by atoms with Crippen LogP contribution in [-0.2, 0) is 26.2 Å². The molecule has 3 aromatic carbocycles. The van der Waals surface area contributed by atoms with E-state index in [0.29, 0.717) is 18.0 Å². The van der Waals surface area contributed by atoms with Gasteiger partial charge in [0.15, 0.2) is 0 Å². The molecule has 0 saturated carbocycles. The highest BCUT2D eigenvalue weighted by atomic mass is 32.2. The number of benzene rings is 3. The van der Waals surface area contributed by atoms with E-state index >= 15 is 0 Å². The van der Waals surface area contributed by atoms with E-state index in [1.807, 2.05) is 58.9 Å². The van der Waals surface area contributed by atoms with Gasteiger partial charge in [0.05, 0.1) is 17.2 Å². The van der Waals surface area contributed by atoms with Crippen molar-refractivity contribution in [2.45, 2.75) is 71.5 Å². The molecule has 0 bridgehead atoms. The number of hydrogen-bond acceptors (Lipinski definition) is 5. The Morgan fingerprint density at radius 1 is 0.902 bits per heavy atom. The van der Waals surface area contributed by atoms with Gasteiger partial charge in [-0.15, -0.1) is 0 Å². The van der Waals surface area contributed by atoms with E-state index in [-0.39, 0.29) is 23.4 Å². The Morgan fingerprint density at radius 3 is 2.12 bits per heavy atom. The molecular formula is C32H41N3O5S. The van der Waals surface area contributed by atoms with Crippen LogP contribution in [0.2, 0.25) is 0 Å². The summed E-state index contributed by atoms with van der Waals surface area (Å²) in [7, 11) is -4.13. The number of hydrogen-bond donors (Lipinski definition) is 1. The fourth-order valence-electron chi connectivity index (χ4n) is 4.26. The largest absolute Gasteiger partial charge is 0.494 e. The Hall–Kier alpha value is -3.85. The standard InChI is InChI=1S/C32H41N3O5S/c1-7-25(5)33-32(37)26(6)34(21-27-12-10-9-11-24(27)4)31(36)22-35(28-15-17-29(18-16-28)40-8-2)41(38,39)30-19-13-23(3)14-20-30/h9-20,25-26H,7-8,21-22H2,1-6H3,(H,33,37)/t25-,26-/m0/s1. The minimum absolute atomic E-state index is 0.0670. The van der Waals surface area contributed by atoms with E-state index in [9.17, 15) is 18.0 Å². The molecule has 9 heteroatoms. The molecule has 0 aliphatic heterocycles. The van der Waals surface area contributed by atoms with Gasteiger partial charge >= 0.3 is 0 Å². The summed E-state index contributed by atoms with van der Waals surface area (Å²) in [6.45, 7) is 11.4. The van der Waals surface area contributed by atoms with Crippen LogP contribution in [0, 0.1) is 13.8 Å². The summed E-state index contributed by atoms with van der Waals surface area (Å²) >= 11 is 0. The first-order valence-electron chi connectivity index (χ1n) is 13.9. The molecule has 220 valence electrons. The number of aryl methyl sites for hydroxylation is 2. The zero-order chi connectivity index (χ0) is 30.2. The molecule has 41 heavy (non-hydrogen) atoms. The molecule has 0 aliphatic rings. The molecule has 1 N–H and O–H groups in total. The van der Waals surface area contributed by atoms with Crippen LogP contribution in [0.5, 0.6) is 5.75 Å². The highest BCUT2D eigenvalue weighted by Gasteiger charge is 2.33. The Balaban J connectivity index is 2.04. The Morgan fingerprint density at radius 2 is 1.54 bits per heavy atom. The molecule has 0 unspecified atom stereocenters. The number of carbonyl (C=O) groups is 2. The van der Waals surface area contributed by atoms with Crippen molar-refractivity contribution in [1.29, 1.82) is 0 Å². The highest BCUT2D eigenvalue weighted by molar-refractivity contribution is 7.92. The van der Waals surface area contributed by atoms with Crippen LogP contribution in [-0.4, -0.2) is 50.4 Å². The van der Waals surface area contributed by atoms with Gasteiger partial charge in [-0.2, -0.15) is 0 Å². The van der Waals surface area contributed by atoms with E-state index in [4.69, 9.17) is 4.74 Å². The lowest BCUT2D eigenvalue weighted by Gasteiger charge is -2.32. The molecule has 0 aliphatic carbocycles. The van der Waals surface area contributed by atoms with E-state index in [0.717, 1.165) is 27.4 Å². The second-order valence-electron chi connectivity index (χ2n) is 10.2. The number of ether oxygens (including phenoxy) is 1. The number of rotatable bonds is 13. The molecule has 0 radical (unpaired) electrons. The van der Waals surface area contributed by atoms with Crippen LogP contribution in [0.1, 0.15) is 50.8 Å². The van der Waals surface area contributed by atoms with Crippen LogP contribution >= 0.6 is 0 Å². The molecular weight excluding hydrogens is 538 g/mol. The first-order valence-corrected chi connectivity index (χ1v) is 15.4. The quantitative estimate of drug-likeness (QED) is 0.299. The highest BCUT2D eigenvalue weighted by Crippen LogP contribution is 2.27. The van der Waals surface area contributed by atoms with Crippen molar-refractivity contribution in [2.75, 3.05) is 17.5 Å². The van der Waals surface area contributed by atoms with Gasteiger partial charge in [0.25, 0.3) is 10.0 Å². The normalized spacial score (nSPS) is 12.7. The third-order valence-corrected chi connectivity index (χ3v) is 8.88. The van der Waals surface area contributed by atoms with Crippen molar-refractivity contribution in [3.05, 3.63) is 89.5 Å². The van der Waals surface area contributed by atoms with Gasteiger partial charge in [0.2, 0.25) is 11.8 Å². The van der Waals surface area contributed by atoms with E-state index in [2.05, 4.69) is 5.32 Å². The summed E-state index contributed by atoms with van der Waals surface area (Å²) in [5.74, 6) is -0.202. The van der Waals surface area contributed by atoms with Crippen molar-refractivity contribution in [2.24, 2.45) is 0 Å². The predicted octanol–water partition coefficient (Wildman–Crippen LogP) is 5.23. The van der Waals surface area contributed by atoms with Crippen molar-refractivity contribution in [3.8, 4) is 5.75 Å². The first kappa shape index (κ1) is 31.7. The molecule has 3 rings (SSSR count). The number of nitrogens with zero attached hydrogens (tertiary/aromatic N) is 2. The molecule has 0 heterocycles. The molecule has 0 spiro atoms. The molecule has 8 nitrogen and oxygen atoms in total. The predicted molar refractivity (Wildman–Crippen MR) is 162 cm³/mol. The second kappa shape index (κ2) is 14.2. The van der Waals surface area contributed by atoms with Gasteiger partial charge in [0, 0.05) is 12.6 Å². The number of amides is 2.